The van der Waals surface area contributed by atoms with Crippen LogP contribution in [-0.2, 0) is 0 Å². The van der Waals surface area contributed by atoms with Crippen molar-refractivity contribution >= 4 is 18.4 Å². The zero-order chi connectivity index (χ0) is 17.8. The molecule has 3 aromatic rings. The molecule has 0 aliphatic rings. The third-order valence-electron chi connectivity index (χ3n) is 3.50. The maximum absolute atomic E-state index is 13.1. The first kappa shape index (κ1) is 16.8. The summed E-state index contributed by atoms with van der Waals surface area (Å²) in [6.07, 6.45) is 1.60. The maximum Gasteiger partial charge on any atom is 0.216 e. The van der Waals surface area contributed by atoms with Crippen LogP contribution in [0.5, 0.6) is 11.5 Å². The number of benzene rings is 2. The third-order valence-corrected chi connectivity index (χ3v) is 3.77. The fourth-order valence-corrected chi connectivity index (χ4v) is 2.42. The summed E-state index contributed by atoms with van der Waals surface area (Å²) in [7, 11) is 3.16. The summed E-state index contributed by atoms with van der Waals surface area (Å²) in [6, 6.07) is 11.3. The van der Waals surface area contributed by atoms with Crippen molar-refractivity contribution in [2.75, 3.05) is 14.2 Å². The van der Waals surface area contributed by atoms with E-state index in [1.165, 1.54) is 16.8 Å². The summed E-state index contributed by atoms with van der Waals surface area (Å²) < 4.78 is 25.4. The Labute approximate surface area is 148 Å². The van der Waals surface area contributed by atoms with Crippen LogP contribution in [0.1, 0.15) is 5.56 Å². The minimum absolute atomic E-state index is 0.317. The number of nitrogens with one attached hydrogen (secondary N) is 1. The van der Waals surface area contributed by atoms with E-state index in [2.05, 4.69) is 15.3 Å². The molecule has 0 fully saturated rings. The zero-order valence-electron chi connectivity index (χ0n) is 13.6. The van der Waals surface area contributed by atoms with Crippen molar-refractivity contribution in [1.82, 2.24) is 14.9 Å². The van der Waals surface area contributed by atoms with Gasteiger partial charge in [-0.05, 0) is 54.7 Å². The van der Waals surface area contributed by atoms with E-state index in [1.54, 1.807) is 50.8 Å². The van der Waals surface area contributed by atoms with Gasteiger partial charge in [0.2, 0.25) is 4.77 Å². The summed E-state index contributed by atoms with van der Waals surface area (Å²) in [5.41, 5.74) is 1.40. The molecule has 0 unspecified atom stereocenters. The van der Waals surface area contributed by atoms with Crippen LogP contribution in [0.2, 0.25) is 0 Å². The van der Waals surface area contributed by atoms with E-state index in [0.29, 0.717) is 27.7 Å². The van der Waals surface area contributed by atoms with Gasteiger partial charge in [0.25, 0.3) is 0 Å². The number of ether oxygens (including phenoxy) is 2. The standard InChI is InChI=1S/C17H15FN4O2S/c1-23-14-7-8-15(24-2)12(9-14)10-19-22-16(20-21-17(22)25)11-3-5-13(18)6-4-11/h3-10H,1-2H3,(H,21,25). The van der Waals surface area contributed by atoms with Crippen molar-refractivity contribution in [2.45, 2.75) is 0 Å². The van der Waals surface area contributed by atoms with Crippen LogP contribution in [0.25, 0.3) is 11.4 Å². The summed E-state index contributed by atoms with van der Waals surface area (Å²) in [5, 5.41) is 11.2. The highest BCUT2D eigenvalue weighted by Gasteiger charge is 2.09. The van der Waals surface area contributed by atoms with E-state index in [9.17, 15) is 4.39 Å². The molecule has 8 heteroatoms. The molecule has 0 atom stereocenters. The molecule has 6 nitrogen and oxygen atoms in total. The number of nitrogens with zero attached hydrogens (tertiary/aromatic N) is 3. The van der Waals surface area contributed by atoms with Crippen LogP contribution in [-0.4, -0.2) is 35.3 Å². The van der Waals surface area contributed by atoms with Gasteiger partial charge in [0.15, 0.2) is 5.82 Å². The lowest BCUT2D eigenvalue weighted by Gasteiger charge is -2.07. The van der Waals surface area contributed by atoms with Gasteiger partial charge in [-0.1, -0.05) is 0 Å². The van der Waals surface area contributed by atoms with E-state index in [0.717, 1.165) is 5.56 Å². The number of methoxy groups -OCH3 is 2. The van der Waals surface area contributed by atoms with E-state index in [-0.39, 0.29) is 5.82 Å². The molecule has 0 spiro atoms. The third kappa shape index (κ3) is 3.58. The van der Waals surface area contributed by atoms with Gasteiger partial charge in [-0.25, -0.2) is 9.49 Å². The van der Waals surface area contributed by atoms with Crippen molar-refractivity contribution in [3.8, 4) is 22.9 Å². The Hall–Kier alpha value is -3.00. The first-order valence-electron chi connectivity index (χ1n) is 7.32. The molecule has 0 aliphatic carbocycles. The maximum atomic E-state index is 13.1. The minimum Gasteiger partial charge on any atom is -0.497 e. The normalized spacial score (nSPS) is 11.0. The summed E-state index contributed by atoms with van der Waals surface area (Å²) >= 11 is 5.23. The largest absolute Gasteiger partial charge is 0.497 e. The molecule has 0 radical (unpaired) electrons. The van der Waals surface area contributed by atoms with Gasteiger partial charge >= 0.3 is 0 Å². The second-order valence-corrected chi connectivity index (χ2v) is 5.41. The number of hydrogen-bond donors (Lipinski definition) is 1. The second-order valence-electron chi connectivity index (χ2n) is 5.02. The first-order valence-corrected chi connectivity index (χ1v) is 7.73. The Morgan fingerprint density at radius 3 is 2.60 bits per heavy atom. The van der Waals surface area contributed by atoms with Gasteiger partial charge in [0, 0.05) is 11.1 Å². The van der Waals surface area contributed by atoms with Crippen LogP contribution in [0, 0.1) is 10.6 Å². The molecule has 0 aliphatic heterocycles. The fraction of sp³-hybridized carbons (Fsp3) is 0.118. The number of aromatic amines is 1. The van der Waals surface area contributed by atoms with Crippen LogP contribution in [0.3, 0.4) is 0 Å². The Kier molecular flexibility index (Phi) is 4.90. The van der Waals surface area contributed by atoms with Crippen molar-refractivity contribution in [3.05, 3.63) is 58.6 Å². The van der Waals surface area contributed by atoms with Gasteiger partial charge in [-0.15, -0.1) is 0 Å². The number of hydrogen-bond acceptors (Lipinski definition) is 5. The quantitative estimate of drug-likeness (QED) is 0.559. The number of H-pyrrole nitrogens is 1. The average molecular weight is 358 g/mol. The Morgan fingerprint density at radius 1 is 1.16 bits per heavy atom. The molecule has 3 rings (SSSR count). The van der Waals surface area contributed by atoms with Crippen molar-refractivity contribution < 1.29 is 13.9 Å². The first-order chi connectivity index (χ1) is 12.1. The average Bonchev–Trinajstić information content (AvgIpc) is 3.01. The Bertz CT molecular complexity index is 964. The lowest BCUT2D eigenvalue weighted by molar-refractivity contribution is 0.402. The molecule has 0 saturated heterocycles. The molecule has 1 N–H and O–H groups in total. The predicted molar refractivity (Wildman–Crippen MR) is 95.3 cm³/mol. The van der Waals surface area contributed by atoms with Crippen molar-refractivity contribution in [2.24, 2.45) is 5.10 Å². The molecule has 1 heterocycles. The summed E-state index contributed by atoms with van der Waals surface area (Å²) in [4.78, 5) is 0. The van der Waals surface area contributed by atoms with Crippen LogP contribution < -0.4 is 9.47 Å². The molecule has 0 bridgehead atoms. The zero-order valence-corrected chi connectivity index (χ0v) is 14.4. The lowest BCUT2D eigenvalue weighted by atomic mass is 10.2. The van der Waals surface area contributed by atoms with Gasteiger partial charge < -0.3 is 9.47 Å². The van der Waals surface area contributed by atoms with E-state index in [1.807, 2.05) is 0 Å². The number of rotatable bonds is 5. The van der Waals surface area contributed by atoms with Gasteiger partial charge in [-0.3, -0.25) is 0 Å². The fourth-order valence-electron chi connectivity index (χ4n) is 2.24. The van der Waals surface area contributed by atoms with Crippen molar-refractivity contribution in [3.63, 3.8) is 0 Å². The van der Waals surface area contributed by atoms with Crippen molar-refractivity contribution in [1.29, 1.82) is 0 Å². The molecule has 2 aromatic carbocycles. The van der Waals surface area contributed by atoms with Crippen LogP contribution in [0.15, 0.2) is 47.6 Å². The van der Waals surface area contributed by atoms with E-state index in [4.69, 9.17) is 21.7 Å². The van der Waals surface area contributed by atoms with E-state index >= 15 is 0 Å². The molecule has 128 valence electrons. The molecular formula is C17H15FN4O2S. The number of halogens is 1. The highest BCUT2D eigenvalue weighted by molar-refractivity contribution is 7.71. The minimum atomic E-state index is -0.325. The highest BCUT2D eigenvalue weighted by atomic mass is 32.1. The monoisotopic (exact) mass is 358 g/mol. The Balaban J connectivity index is 2.01. The van der Waals surface area contributed by atoms with Crippen LogP contribution >= 0.6 is 12.2 Å². The molecule has 0 amide bonds. The molecular weight excluding hydrogens is 343 g/mol. The van der Waals surface area contributed by atoms with Gasteiger partial charge in [0.1, 0.15) is 17.3 Å². The topological polar surface area (TPSA) is 64.4 Å². The van der Waals surface area contributed by atoms with Gasteiger partial charge in [-0.2, -0.15) is 14.9 Å². The summed E-state index contributed by atoms with van der Waals surface area (Å²) in [6.45, 7) is 0. The predicted octanol–water partition coefficient (Wildman–Crippen LogP) is 3.65. The lowest BCUT2D eigenvalue weighted by Crippen LogP contribution is -1.97. The summed E-state index contributed by atoms with van der Waals surface area (Å²) in [5.74, 6) is 1.47. The number of aromatic nitrogens is 3. The highest BCUT2D eigenvalue weighted by Crippen LogP contribution is 2.23. The van der Waals surface area contributed by atoms with Gasteiger partial charge in [0.05, 0.1) is 20.4 Å². The molecule has 1 aromatic heterocycles. The van der Waals surface area contributed by atoms with Crippen LogP contribution in [0.4, 0.5) is 4.39 Å². The smallest absolute Gasteiger partial charge is 0.216 e. The molecule has 0 saturated carbocycles. The SMILES string of the molecule is COc1ccc(OC)c(C=Nn2c(-c3ccc(F)cc3)n[nH]c2=S)c1. The Morgan fingerprint density at radius 2 is 1.92 bits per heavy atom. The van der Waals surface area contributed by atoms with E-state index < -0.39 is 0 Å². The second kappa shape index (κ2) is 7.27. The molecule has 25 heavy (non-hydrogen) atoms.